The first-order valence-corrected chi connectivity index (χ1v) is 9.66. The van der Waals surface area contributed by atoms with Crippen molar-refractivity contribution in [2.24, 2.45) is 0 Å². The van der Waals surface area contributed by atoms with Gasteiger partial charge in [-0.25, -0.2) is 4.68 Å². The van der Waals surface area contributed by atoms with Gasteiger partial charge in [-0.3, -0.25) is 9.88 Å². The number of likely N-dealkylation sites (tertiary alicyclic amines) is 1. The normalized spacial score (nSPS) is 17.1. The van der Waals surface area contributed by atoms with E-state index in [1.807, 2.05) is 47.4 Å². The zero-order chi connectivity index (χ0) is 18.7. The lowest BCUT2D eigenvalue weighted by atomic mass is 9.89. The molecule has 0 spiro atoms. The van der Waals surface area contributed by atoms with Crippen LogP contribution in [0.1, 0.15) is 31.7 Å². The first-order chi connectivity index (χ1) is 13.2. The van der Waals surface area contributed by atoms with Crippen LogP contribution in [0.5, 0.6) is 0 Å². The second-order valence-corrected chi connectivity index (χ2v) is 7.37. The molecule has 0 bridgehead atoms. The van der Waals surface area contributed by atoms with E-state index in [0.29, 0.717) is 0 Å². The van der Waals surface area contributed by atoms with E-state index in [-0.39, 0.29) is 0 Å². The predicted octanol–water partition coefficient (Wildman–Crippen LogP) is 3.67. The van der Waals surface area contributed by atoms with E-state index in [1.165, 1.54) is 5.56 Å². The van der Waals surface area contributed by atoms with Crippen molar-refractivity contribution < 1.29 is 5.11 Å². The third kappa shape index (κ3) is 3.94. The third-order valence-corrected chi connectivity index (χ3v) is 5.60. The fourth-order valence-electron chi connectivity index (χ4n) is 3.71. The molecule has 0 unspecified atom stereocenters. The lowest BCUT2D eigenvalue weighted by molar-refractivity contribution is -0.0256. The Morgan fingerprint density at radius 1 is 1.04 bits per heavy atom. The molecule has 27 heavy (non-hydrogen) atoms. The Bertz CT molecular complexity index is 868. The SMILES string of the molecule is CCC1(O)CCN(Cc2cn(-c3ccccc3)nc2-c2ccncc2)CC1. The summed E-state index contributed by atoms with van der Waals surface area (Å²) in [5.74, 6) is 0. The molecule has 0 radical (unpaired) electrons. The Kier molecular flexibility index (Phi) is 5.05. The topological polar surface area (TPSA) is 54.2 Å². The van der Waals surface area contributed by atoms with Gasteiger partial charge in [0.15, 0.2) is 0 Å². The summed E-state index contributed by atoms with van der Waals surface area (Å²) in [6.45, 7) is 4.73. The summed E-state index contributed by atoms with van der Waals surface area (Å²) < 4.78 is 1.96. The van der Waals surface area contributed by atoms with Gasteiger partial charge in [0.25, 0.3) is 0 Å². The Labute approximate surface area is 160 Å². The van der Waals surface area contributed by atoms with Crippen molar-refractivity contribution in [3.63, 3.8) is 0 Å². The van der Waals surface area contributed by atoms with Gasteiger partial charge in [0.05, 0.1) is 17.0 Å². The van der Waals surface area contributed by atoms with Crippen LogP contribution in [-0.2, 0) is 6.54 Å². The van der Waals surface area contributed by atoms with Gasteiger partial charge < -0.3 is 5.11 Å². The molecule has 3 aromatic rings. The van der Waals surface area contributed by atoms with E-state index in [0.717, 1.165) is 55.8 Å². The summed E-state index contributed by atoms with van der Waals surface area (Å²) in [4.78, 5) is 6.55. The maximum atomic E-state index is 10.5. The number of nitrogens with zero attached hydrogens (tertiary/aromatic N) is 4. The summed E-state index contributed by atoms with van der Waals surface area (Å²) in [5.41, 5.74) is 3.85. The highest BCUT2D eigenvalue weighted by atomic mass is 16.3. The average Bonchev–Trinajstić information content (AvgIpc) is 3.15. The van der Waals surface area contributed by atoms with E-state index >= 15 is 0 Å². The number of hydrogen-bond acceptors (Lipinski definition) is 4. The summed E-state index contributed by atoms with van der Waals surface area (Å²) >= 11 is 0. The van der Waals surface area contributed by atoms with Crippen LogP contribution >= 0.6 is 0 Å². The minimum atomic E-state index is -0.487. The molecule has 4 rings (SSSR count). The van der Waals surface area contributed by atoms with Gasteiger partial charge in [-0.1, -0.05) is 25.1 Å². The van der Waals surface area contributed by atoms with Gasteiger partial charge in [0.2, 0.25) is 0 Å². The Balaban J connectivity index is 1.62. The molecule has 5 nitrogen and oxygen atoms in total. The number of piperidine rings is 1. The van der Waals surface area contributed by atoms with Crippen molar-refractivity contribution in [2.45, 2.75) is 38.3 Å². The molecular weight excluding hydrogens is 336 g/mol. The molecule has 1 saturated heterocycles. The summed E-state index contributed by atoms with van der Waals surface area (Å²) in [7, 11) is 0. The number of benzene rings is 1. The van der Waals surface area contributed by atoms with Crippen LogP contribution in [0, 0.1) is 0 Å². The molecule has 0 saturated carbocycles. The molecule has 2 aromatic heterocycles. The van der Waals surface area contributed by atoms with Crippen LogP contribution in [-0.4, -0.2) is 43.5 Å². The number of para-hydroxylation sites is 1. The average molecular weight is 362 g/mol. The molecule has 1 aliphatic heterocycles. The molecule has 1 N–H and O–H groups in total. The molecule has 140 valence electrons. The highest BCUT2D eigenvalue weighted by Crippen LogP contribution is 2.29. The summed E-state index contributed by atoms with van der Waals surface area (Å²) in [6, 6.07) is 14.2. The molecule has 1 fully saturated rings. The summed E-state index contributed by atoms with van der Waals surface area (Å²) in [6.07, 6.45) is 8.24. The maximum absolute atomic E-state index is 10.5. The molecule has 1 aliphatic rings. The molecule has 0 amide bonds. The van der Waals surface area contributed by atoms with Gasteiger partial charge in [0, 0.05) is 49.4 Å². The van der Waals surface area contributed by atoms with Crippen molar-refractivity contribution in [3.8, 4) is 16.9 Å². The highest BCUT2D eigenvalue weighted by molar-refractivity contribution is 5.62. The van der Waals surface area contributed by atoms with Crippen LogP contribution in [0.25, 0.3) is 16.9 Å². The van der Waals surface area contributed by atoms with Crippen LogP contribution in [0.2, 0.25) is 0 Å². The minimum absolute atomic E-state index is 0.487. The Morgan fingerprint density at radius 3 is 2.41 bits per heavy atom. The molecule has 0 atom stereocenters. The molecule has 1 aromatic carbocycles. The second kappa shape index (κ2) is 7.62. The van der Waals surface area contributed by atoms with Gasteiger partial charge in [-0.15, -0.1) is 0 Å². The van der Waals surface area contributed by atoms with Crippen LogP contribution in [0.4, 0.5) is 0 Å². The quantitative estimate of drug-likeness (QED) is 0.752. The van der Waals surface area contributed by atoms with Gasteiger partial charge in [-0.05, 0) is 43.5 Å². The van der Waals surface area contributed by atoms with E-state index in [2.05, 4.69) is 35.1 Å². The second-order valence-electron chi connectivity index (χ2n) is 7.37. The highest BCUT2D eigenvalue weighted by Gasteiger charge is 2.30. The number of hydrogen-bond donors (Lipinski definition) is 1. The van der Waals surface area contributed by atoms with Crippen molar-refractivity contribution in [1.82, 2.24) is 19.7 Å². The van der Waals surface area contributed by atoms with Crippen molar-refractivity contribution >= 4 is 0 Å². The minimum Gasteiger partial charge on any atom is -0.390 e. The standard InChI is InChI=1S/C22H26N4O/c1-2-22(27)10-14-25(15-11-22)16-19-17-26(20-6-4-3-5-7-20)24-21(19)18-8-12-23-13-9-18/h3-9,12-13,17,27H,2,10-11,14-16H2,1H3. The molecule has 3 heterocycles. The number of aromatic nitrogens is 3. The van der Waals surface area contributed by atoms with Gasteiger partial charge in [-0.2, -0.15) is 5.10 Å². The Hall–Kier alpha value is -2.50. The zero-order valence-corrected chi connectivity index (χ0v) is 15.8. The zero-order valence-electron chi connectivity index (χ0n) is 15.8. The molecule has 5 heteroatoms. The first-order valence-electron chi connectivity index (χ1n) is 9.66. The lowest BCUT2D eigenvalue weighted by Gasteiger charge is -2.37. The molecule has 0 aliphatic carbocycles. The number of rotatable bonds is 5. The largest absolute Gasteiger partial charge is 0.390 e. The van der Waals surface area contributed by atoms with E-state index in [1.54, 1.807) is 0 Å². The van der Waals surface area contributed by atoms with E-state index in [9.17, 15) is 5.11 Å². The van der Waals surface area contributed by atoms with Gasteiger partial charge >= 0.3 is 0 Å². The van der Waals surface area contributed by atoms with E-state index in [4.69, 9.17) is 5.10 Å². The van der Waals surface area contributed by atoms with Crippen LogP contribution < -0.4 is 0 Å². The summed E-state index contributed by atoms with van der Waals surface area (Å²) in [5, 5.41) is 15.4. The maximum Gasteiger partial charge on any atom is 0.0973 e. The van der Waals surface area contributed by atoms with Crippen molar-refractivity contribution in [3.05, 3.63) is 66.6 Å². The Morgan fingerprint density at radius 2 is 1.74 bits per heavy atom. The van der Waals surface area contributed by atoms with Gasteiger partial charge in [0.1, 0.15) is 0 Å². The fraction of sp³-hybridized carbons (Fsp3) is 0.364. The monoisotopic (exact) mass is 362 g/mol. The fourth-order valence-corrected chi connectivity index (χ4v) is 3.71. The predicted molar refractivity (Wildman–Crippen MR) is 107 cm³/mol. The van der Waals surface area contributed by atoms with Crippen LogP contribution in [0.3, 0.4) is 0 Å². The van der Waals surface area contributed by atoms with E-state index < -0.39 is 5.60 Å². The van der Waals surface area contributed by atoms with Crippen molar-refractivity contribution in [1.29, 1.82) is 0 Å². The van der Waals surface area contributed by atoms with Crippen LogP contribution in [0.15, 0.2) is 61.1 Å². The lowest BCUT2D eigenvalue weighted by Crippen LogP contribution is -2.43. The number of aliphatic hydroxyl groups is 1. The first kappa shape index (κ1) is 17.9. The number of pyridine rings is 1. The smallest absolute Gasteiger partial charge is 0.0973 e. The molecular formula is C22H26N4O. The van der Waals surface area contributed by atoms with Crippen molar-refractivity contribution in [2.75, 3.05) is 13.1 Å². The third-order valence-electron chi connectivity index (χ3n) is 5.60.